The van der Waals surface area contributed by atoms with Gasteiger partial charge in [0.05, 0.1) is 10.9 Å². The van der Waals surface area contributed by atoms with Crippen molar-refractivity contribution in [2.24, 2.45) is 0 Å². The number of rotatable bonds is 4. The second-order valence-electron chi connectivity index (χ2n) is 4.84. The Morgan fingerprint density at radius 1 is 1.20 bits per heavy atom. The zero-order chi connectivity index (χ0) is 14.9. The second-order valence-corrected chi connectivity index (χ2v) is 6.49. The van der Waals surface area contributed by atoms with Crippen LogP contribution in [0.3, 0.4) is 0 Å². The quantitative estimate of drug-likeness (QED) is 0.881. The van der Waals surface area contributed by atoms with Crippen LogP contribution >= 0.6 is 0 Å². The van der Waals surface area contributed by atoms with E-state index in [1.807, 2.05) is 19.1 Å². The summed E-state index contributed by atoms with van der Waals surface area (Å²) < 4.78 is 27.6. The number of nitrogens with zero attached hydrogens (tertiary/aromatic N) is 3. The highest BCUT2D eigenvalue weighted by atomic mass is 32.2. The highest BCUT2D eigenvalue weighted by Gasteiger charge is 2.24. The van der Waals surface area contributed by atoms with Crippen molar-refractivity contribution in [1.29, 1.82) is 0 Å². The molecule has 1 heterocycles. The molecular weight excluding hydrogens is 278 g/mol. The monoisotopic (exact) mass is 295 g/mol. The molecule has 1 atom stereocenters. The van der Waals surface area contributed by atoms with E-state index in [-0.39, 0.29) is 0 Å². The summed E-state index contributed by atoms with van der Waals surface area (Å²) in [7, 11) is -3.64. The minimum atomic E-state index is -3.64. The summed E-state index contributed by atoms with van der Waals surface area (Å²) in [6, 6.07) is 3.14. The molecule has 8 heteroatoms. The first kappa shape index (κ1) is 14.6. The van der Waals surface area contributed by atoms with E-state index in [0.29, 0.717) is 10.7 Å². The molecule has 0 aliphatic heterocycles. The Kier molecular flexibility index (Phi) is 3.87. The van der Waals surface area contributed by atoms with Gasteiger partial charge in [-0.1, -0.05) is 22.9 Å². The van der Waals surface area contributed by atoms with E-state index in [4.69, 9.17) is 0 Å². The first-order valence-corrected chi connectivity index (χ1v) is 7.63. The Bertz CT molecular complexity index is 686. The summed E-state index contributed by atoms with van der Waals surface area (Å²) >= 11 is 0. The summed E-state index contributed by atoms with van der Waals surface area (Å²) in [5.41, 5.74) is 2.47. The maximum atomic E-state index is 12.5. The van der Waals surface area contributed by atoms with Crippen molar-refractivity contribution in [2.45, 2.75) is 38.6 Å². The first-order valence-electron chi connectivity index (χ1n) is 6.15. The molecule has 20 heavy (non-hydrogen) atoms. The number of sulfonamides is 1. The van der Waals surface area contributed by atoms with Gasteiger partial charge in [0.25, 0.3) is 0 Å². The van der Waals surface area contributed by atoms with Crippen molar-refractivity contribution in [3.05, 3.63) is 34.6 Å². The van der Waals surface area contributed by atoms with Gasteiger partial charge >= 0.3 is 0 Å². The van der Waals surface area contributed by atoms with Gasteiger partial charge in [0, 0.05) is 0 Å². The lowest BCUT2D eigenvalue weighted by Crippen LogP contribution is -2.28. The van der Waals surface area contributed by atoms with Gasteiger partial charge in [-0.15, -0.1) is 10.2 Å². The summed E-state index contributed by atoms with van der Waals surface area (Å²) in [5, 5.41) is 13.3. The van der Waals surface area contributed by atoms with Crippen molar-refractivity contribution >= 4 is 10.0 Å². The van der Waals surface area contributed by atoms with Gasteiger partial charge in [-0.05, 0) is 38.8 Å². The normalized spacial score (nSPS) is 13.4. The number of nitrogens with one attached hydrogen (secondary N) is 2. The lowest BCUT2D eigenvalue weighted by molar-refractivity contribution is 0.558. The van der Waals surface area contributed by atoms with Crippen LogP contribution in [-0.4, -0.2) is 29.0 Å². The maximum Gasteiger partial charge on any atom is 0.241 e. The molecule has 0 bridgehead atoms. The lowest BCUT2D eigenvalue weighted by Gasteiger charge is -2.15. The standard InChI is InChI=1S/C12H17N5O2S/c1-7-5-8(2)11(9(3)6-7)20(18,19)15-10(4)12-13-16-17-14-12/h5-6,10,15H,1-4H3,(H,13,14,16,17). The van der Waals surface area contributed by atoms with Crippen molar-refractivity contribution in [2.75, 3.05) is 0 Å². The van der Waals surface area contributed by atoms with Gasteiger partial charge in [-0.2, -0.15) is 5.21 Å². The topological polar surface area (TPSA) is 101 Å². The van der Waals surface area contributed by atoms with Crippen molar-refractivity contribution < 1.29 is 8.42 Å². The molecule has 0 aliphatic rings. The lowest BCUT2D eigenvalue weighted by atomic mass is 10.1. The van der Waals surface area contributed by atoms with E-state index >= 15 is 0 Å². The van der Waals surface area contributed by atoms with E-state index in [2.05, 4.69) is 25.3 Å². The van der Waals surface area contributed by atoms with Crippen molar-refractivity contribution in [1.82, 2.24) is 25.3 Å². The molecule has 0 spiro atoms. The molecule has 0 radical (unpaired) electrons. The Morgan fingerprint density at radius 3 is 2.30 bits per heavy atom. The minimum Gasteiger partial charge on any atom is -0.207 e. The van der Waals surface area contributed by atoms with Gasteiger partial charge in [-0.3, -0.25) is 0 Å². The van der Waals surface area contributed by atoms with Crippen LogP contribution in [0.25, 0.3) is 0 Å². The number of hydrogen-bond donors (Lipinski definition) is 2. The van der Waals surface area contributed by atoms with Crippen LogP contribution in [0.1, 0.15) is 35.5 Å². The second kappa shape index (κ2) is 5.29. The van der Waals surface area contributed by atoms with Crippen LogP contribution in [0.4, 0.5) is 0 Å². The fourth-order valence-corrected chi connectivity index (χ4v) is 3.94. The number of hydrogen-bond acceptors (Lipinski definition) is 5. The minimum absolute atomic E-state index is 0.302. The van der Waals surface area contributed by atoms with Gasteiger partial charge in [0.1, 0.15) is 0 Å². The first-order chi connectivity index (χ1) is 9.31. The third-order valence-corrected chi connectivity index (χ3v) is 4.80. The average molecular weight is 295 g/mol. The van der Waals surface area contributed by atoms with Crippen molar-refractivity contribution in [3.8, 4) is 0 Å². The van der Waals surface area contributed by atoms with E-state index in [1.165, 1.54) is 0 Å². The summed E-state index contributed by atoms with van der Waals surface area (Å²) in [6.07, 6.45) is 0. The number of aromatic amines is 1. The Labute approximate surface area is 117 Å². The Balaban J connectivity index is 2.37. The molecule has 0 saturated heterocycles. The number of tetrazole rings is 1. The predicted octanol–water partition coefficient (Wildman–Crippen LogP) is 1.16. The zero-order valence-electron chi connectivity index (χ0n) is 11.8. The van der Waals surface area contributed by atoms with Crippen LogP contribution in [-0.2, 0) is 10.0 Å². The molecule has 1 unspecified atom stereocenters. The summed E-state index contributed by atoms with van der Waals surface area (Å²) in [4.78, 5) is 0.304. The third kappa shape index (κ3) is 2.86. The largest absolute Gasteiger partial charge is 0.241 e. The van der Waals surface area contributed by atoms with E-state index < -0.39 is 16.1 Å². The van der Waals surface area contributed by atoms with E-state index in [1.54, 1.807) is 20.8 Å². The molecule has 1 aromatic heterocycles. The number of benzene rings is 1. The van der Waals surface area contributed by atoms with Crippen LogP contribution in [0, 0.1) is 20.8 Å². The molecule has 108 valence electrons. The Morgan fingerprint density at radius 2 is 1.80 bits per heavy atom. The van der Waals surface area contributed by atoms with Gasteiger partial charge in [0.2, 0.25) is 10.0 Å². The van der Waals surface area contributed by atoms with Crippen LogP contribution < -0.4 is 4.72 Å². The van der Waals surface area contributed by atoms with E-state index in [0.717, 1.165) is 16.7 Å². The highest BCUT2D eigenvalue weighted by Crippen LogP contribution is 2.23. The molecule has 1 aromatic carbocycles. The molecule has 0 aliphatic carbocycles. The smallest absolute Gasteiger partial charge is 0.207 e. The van der Waals surface area contributed by atoms with E-state index in [9.17, 15) is 8.42 Å². The molecular formula is C12H17N5O2S. The maximum absolute atomic E-state index is 12.5. The average Bonchev–Trinajstić information content (AvgIpc) is 2.78. The summed E-state index contributed by atoms with van der Waals surface area (Å²) in [5.74, 6) is 0.302. The molecule has 2 aromatic rings. The molecule has 2 N–H and O–H groups in total. The van der Waals surface area contributed by atoms with Crippen LogP contribution in [0.2, 0.25) is 0 Å². The number of aromatic nitrogens is 4. The Hall–Kier alpha value is -1.80. The number of aryl methyl sites for hydroxylation is 3. The summed E-state index contributed by atoms with van der Waals surface area (Å²) in [6.45, 7) is 7.17. The van der Waals surface area contributed by atoms with Gasteiger partial charge < -0.3 is 0 Å². The third-order valence-electron chi connectivity index (χ3n) is 2.95. The predicted molar refractivity (Wildman–Crippen MR) is 73.6 cm³/mol. The molecule has 0 fully saturated rings. The molecule has 2 rings (SSSR count). The van der Waals surface area contributed by atoms with Gasteiger partial charge in [-0.25, -0.2) is 13.1 Å². The van der Waals surface area contributed by atoms with Gasteiger partial charge in [0.15, 0.2) is 5.82 Å². The molecule has 7 nitrogen and oxygen atoms in total. The van der Waals surface area contributed by atoms with Crippen molar-refractivity contribution in [3.63, 3.8) is 0 Å². The zero-order valence-corrected chi connectivity index (χ0v) is 12.6. The molecule has 0 amide bonds. The highest BCUT2D eigenvalue weighted by molar-refractivity contribution is 7.89. The fourth-order valence-electron chi connectivity index (χ4n) is 2.29. The molecule has 0 saturated carbocycles. The fraction of sp³-hybridized carbons (Fsp3) is 0.417. The van der Waals surface area contributed by atoms with Crippen LogP contribution in [0.5, 0.6) is 0 Å². The number of H-pyrrole nitrogens is 1. The van der Waals surface area contributed by atoms with Crippen LogP contribution in [0.15, 0.2) is 17.0 Å². The SMILES string of the molecule is Cc1cc(C)c(S(=O)(=O)NC(C)c2nn[nH]n2)c(C)c1.